The number of anilines is 4. The molecule has 0 bridgehead atoms. The molecule has 0 unspecified atom stereocenters. The highest BCUT2D eigenvalue weighted by molar-refractivity contribution is 5.72. The minimum Gasteiger partial charge on any atom is -0.495 e. The molecule has 1 aromatic heterocycles. The molecule has 2 aromatic rings. The number of nitrogens with zero attached hydrogens (tertiary/aromatic N) is 3. The molecule has 1 aromatic carbocycles. The first-order valence-corrected chi connectivity index (χ1v) is 5.39. The summed E-state index contributed by atoms with van der Waals surface area (Å²) in [6, 6.07) is 9.16. The lowest BCUT2D eigenvalue weighted by Gasteiger charge is -2.12. The van der Waals surface area contributed by atoms with E-state index >= 15 is 0 Å². The van der Waals surface area contributed by atoms with E-state index in [0.717, 1.165) is 0 Å². The van der Waals surface area contributed by atoms with Gasteiger partial charge in [0, 0.05) is 0 Å². The third-order valence-electron chi connectivity index (χ3n) is 2.43. The lowest BCUT2D eigenvalue weighted by atomic mass is 10.2. The summed E-state index contributed by atoms with van der Waals surface area (Å²) in [5.74, 6) is 0.889. The van der Waals surface area contributed by atoms with Gasteiger partial charge in [0.15, 0.2) is 5.82 Å². The normalized spacial score (nSPS) is 9.68. The van der Waals surface area contributed by atoms with Crippen molar-refractivity contribution in [3.63, 3.8) is 0 Å². The quantitative estimate of drug-likeness (QED) is 0.755. The number of nitrogens with two attached hydrogens (primary N) is 2. The van der Waals surface area contributed by atoms with Gasteiger partial charge in [-0.3, -0.25) is 0 Å². The minimum atomic E-state index is -0.00565. The molecule has 0 saturated carbocycles. The second kappa shape index (κ2) is 5.10. The standard InChI is InChI=1S/C12H12N6O/c1-19-9-5-3-2-4-8(9)16-11-7(6-13)10(14)17-12(15)18-11/h2-5H,1H3,(H5,14,15,16,17,18). The van der Waals surface area contributed by atoms with E-state index in [1.807, 2.05) is 18.2 Å². The van der Waals surface area contributed by atoms with Crippen LogP contribution in [-0.2, 0) is 0 Å². The van der Waals surface area contributed by atoms with Crippen LogP contribution in [0.15, 0.2) is 24.3 Å². The van der Waals surface area contributed by atoms with Crippen LogP contribution in [0, 0.1) is 11.3 Å². The summed E-state index contributed by atoms with van der Waals surface area (Å²) in [4.78, 5) is 7.71. The van der Waals surface area contributed by atoms with Crippen molar-refractivity contribution in [3.8, 4) is 11.8 Å². The van der Waals surface area contributed by atoms with Crippen molar-refractivity contribution in [1.29, 1.82) is 5.26 Å². The molecule has 0 aliphatic heterocycles. The van der Waals surface area contributed by atoms with Crippen LogP contribution in [0.25, 0.3) is 0 Å². The highest BCUT2D eigenvalue weighted by Gasteiger charge is 2.12. The van der Waals surface area contributed by atoms with E-state index in [0.29, 0.717) is 11.4 Å². The van der Waals surface area contributed by atoms with Gasteiger partial charge >= 0.3 is 0 Å². The van der Waals surface area contributed by atoms with Gasteiger partial charge in [-0.1, -0.05) is 12.1 Å². The third-order valence-corrected chi connectivity index (χ3v) is 2.43. The highest BCUT2D eigenvalue weighted by atomic mass is 16.5. The van der Waals surface area contributed by atoms with Crippen molar-refractivity contribution in [2.24, 2.45) is 0 Å². The maximum atomic E-state index is 9.07. The molecule has 7 heteroatoms. The smallest absolute Gasteiger partial charge is 0.224 e. The van der Waals surface area contributed by atoms with Gasteiger partial charge in [-0.15, -0.1) is 0 Å². The molecule has 0 fully saturated rings. The zero-order valence-corrected chi connectivity index (χ0v) is 10.2. The van der Waals surface area contributed by atoms with Crippen LogP contribution in [0.3, 0.4) is 0 Å². The Morgan fingerprint density at radius 3 is 2.68 bits per heavy atom. The fraction of sp³-hybridized carbons (Fsp3) is 0.0833. The van der Waals surface area contributed by atoms with Crippen LogP contribution in [-0.4, -0.2) is 17.1 Å². The van der Waals surface area contributed by atoms with E-state index in [9.17, 15) is 0 Å². The van der Waals surface area contributed by atoms with Crippen LogP contribution >= 0.6 is 0 Å². The van der Waals surface area contributed by atoms with Crippen molar-refractivity contribution in [2.45, 2.75) is 0 Å². The number of para-hydroxylation sites is 2. The molecule has 19 heavy (non-hydrogen) atoms. The molecule has 5 N–H and O–H groups in total. The van der Waals surface area contributed by atoms with Crippen LogP contribution in [0.4, 0.5) is 23.3 Å². The van der Waals surface area contributed by atoms with Gasteiger partial charge in [-0.05, 0) is 12.1 Å². The molecule has 1 heterocycles. The Balaban J connectivity index is 2.47. The Bertz CT molecular complexity index is 649. The largest absolute Gasteiger partial charge is 0.495 e. The van der Waals surface area contributed by atoms with E-state index < -0.39 is 0 Å². The molecule has 0 radical (unpaired) electrons. The van der Waals surface area contributed by atoms with Crippen LogP contribution < -0.4 is 21.5 Å². The number of nitrogen functional groups attached to an aromatic ring is 2. The predicted octanol–water partition coefficient (Wildman–Crippen LogP) is 1.26. The van der Waals surface area contributed by atoms with Crippen molar-refractivity contribution in [2.75, 3.05) is 23.9 Å². The number of nitriles is 1. The molecule has 0 saturated heterocycles. The Labute approximate surface area is 109 Å². The average Bonchev–Trinajstić information content (AvgIpc) is 2.39. The Hall–Kier alpha value is -3.01. The van der Waals surface area contributed by atoms with Gasteiger partial charge in [0.25, 0.3) is 0 Å². The maximum absolute atomic E-state index is 9.07. The number of hydrogen-bond donors (Lipinski definition) is 3. The summed E-state index contributed by atoms with van der Waals surface area (Å²) in [6.45, 7) is 0. The molecule has 0 atom stereocenters. The zero-order chi connectivity index (χ0) is 13.8. The fourth-order valence-electron chi connectivity index (χ4n) is 1.57. The summed E-state index contributed by atoms with van der Waals surface area (Å²) in [5.41, 5.74) is 11.9. The summed E-state index contributed by atoms with van der Waals surface area (Å²) >= 11 is 0. The van der Waals surface area contributed by atoms with Gasteiger partial charge in [0.1, 0.15) is 23.2 Å². The maximum Gasteiger partial charge on any atom is 0.224 e. The first-order valence-electron chi connectivity index (χ1n) is 5.39. The highest BCUT2D eigenvalue weighted by Crippen LogP contribution is 2.29. The molecule has 96 valence electrons. The molecular weight excluding hydrogens is 244 g/mol. The van der Waals surface area contributed by atoms with E-state index in [2.05, 4.69) is 15.3 Å². The number of ether oxygens (including phenoxy) is 1. The van der Waals surface area contributed by atoms with Crippen molar-refractivity contribution in [3.05, 3.63) is 29.8 Å². The van der Waals surface area contributed by atoms with Gasteiger partial charge in [-0.2, -0.15) is 15.2 Å². The molecule has 0 amide bonds. The van der Waals surface area contributed by atoms with Gasteiger partial charge in [0.2, 0.25) is 5.95 Å². The molecule has 2 rings (SSSR count). The Morgan fingerprint density at radius 2 is 2.00 bits per heavy atom. The number of hydrogen-bond acceptors (Lipinski definition) is 7. The summed E-state index contributed by atoms with van der Waals surface area (Å²) in [5, 5.41) is 12.0. The van der Waals surface area contributed by atoms with Gasteiger partial charge in [-0.25, -0.2) is 0 Å². The van der Waals surface area contributed by atoms with Crippen LogP contribution in [0.1, 0.15) is 5.56 Å². The lowest BCUT2D eigenvalue weighted by molar-refractivity contribution is 0.417. The first kappa shape index (κ1) is 12.4. The minimum absolute atomic E-state index is 0.00565. The summed E-state index contributed by atoms with van der Waals surface area (Å²) < 4.78 is 5.20. The number of rotatable bonds is 3. The lowest BCUT2D eigenvalue weighted by Crippen LogP contribution is -2.07. The molecule has 7 nitrogen and oxygen atoms in total. The van der Waals surface area contributed by atoms with E-state index in [-0.39, 0.29) is 23.1 Å². The summed E-state index contributed by atoms with van der Waals surface area (Å²) in [7, 11) is 1.55. The van der Waals surface area contributed by atoms with E-state index in [1.54, 1.807) is 19.2 Å². The van der Waals surface area contributed by atoms with Crippen LogP contribution in [0.2, 0.25) is 0 Å². The molecule has 0 spiro atoms. The number of benzene rings is 1. The third kappa shape index (κ3) is 2.47. The van der Waals surface area contributed by atoms with Crippen molar-refractivity contribution < 1.29 is 4.74 Å². The average molecular weight is 256 g/mol. The molecular formula is C12H12N6O. The second-order valence-corrected chi connectivity index (χ2v) is 3.63. The summed E-state index contributed by atoms with van der Waals surface area (Å²) in [6.07, 6.45) is 0. The number of methoxy groups -OCH3 is 1. The van der Waals surface area contributed by atoms with Crippen molar-refractivity contribution >= 4 is 23.3 Å². The number of aromatic nitrogens is 2. The van der Waals surface area contributed by atoms with E-state index in [1.165, 1.54) is 0 Å². The Morgan fingerprint density at radius 1 is 1.26 bits per heavy atom. The zero-order valence-electron chi connectivity index (χ0n) is 10.2. The van der Waals surface area contributed by atoms with Gasteiger partial charge in [0.05, 0.1) is 12.8 Å². The SMILES string of the molecule is COc1ccccc1Nc1nc(N)nc(N)c1C#N. The molecule has 0 aliphatic rings. The Kier molecular flexibility index (Phi) is 3.34. The molecule has 0 aliphatic carbocycles. The topological polar surface area (TPSA) is 123 Å². The van der Waals surface area contributed by atoms with Gasteiger partial charge < -0.3 is 21.5 Å². The fourth-order valence-corrected chi connectivity index (χ4v) is 1.57. The van der Waals surface area contributed by atoms with Crippen molar-refractivity contribution in [1.82, 2.24) is 9.97 Å². The van der Waals surface area contributed by atoms with Crippen LogP contribution in [0.5, 0.6) is 5.75 Å². The first-order chi connectivity index (χ1) is 9.15. The second-order valence-electron chi connectivity index (χ2n) is 3.63. The number of nitrogens with one attached hydrogen (secondary N) is 1. The monoisotopic (exact) mass is 256 g/mol. The van der Waals surface area contributed by atoms with E-state index in [4.69, 9.17) is 21.5 Å². The predicted molar refractivity (Wildman–Crippen MR) is 71.8 cm³/mol.